The predicted molar refractivity (Wildman–Crippen MR) is 123 cm³/mol. The zero-order valence-corrected chi connectivity index (χ0v) is 18.8. The zero-order chi connectivity index (χ0) is 21.9. The second kappa shape index (κ2) is 9.53. The lowest BCUT2D eigenvalue weighted by Crippen LogP contribution is -2.40. The third kappa shape index (κ3) is 4.63. The van der Waals surface area contributed by atoms with Gasteiger partial charge in [0.1, 0.15) is 5.82 Å². The second-order valence-corrected chi connectivity index (χ2v) is 9.67. The summed E-state index contributed by atoms with van der Waals surface area (Å²) in [5.74, 6) is 1.83. The van der Waals surface area contributed by atoms with Gasteiger partial charge in [-0.15, -0.1) is 0 Å². The first-order valence-electron chi connectivity index (χ1n) is 12.2. The largest absolute Gasteiger partial charge is 0.339 e. The third-order valence-electron chi connectivity index (χ3n) is 7.48. The molecule has 170 valence electrons. The Morgan fingerprint density at radius 1 is 1.09 bits per heavy atom. The Balaban J connectivity index is 1.21. The lowest BCUT2D eigenvalue weighted by Gasteiger charge is -2.34. The molecule has 1 saturated carbocycles. The molecule has 0 aromatic carbocycles. The fourth-order valence-corrected chi connectivity index (χ4v) is 5.61. The van der Waals surface area contributed by atoms with Crippen molar-refractivity contribution in [1.82, 2.24) is 24.8 Å². The maximum absolute atomic E-state index is 12.9. The summed E-state index contributed by atoms with van der Waals surface area (Å²) in [6.45, 7) is 4.19. The molecule has 0 unspecified atom stereocenters. The molecule has 1 N–H and O–H groups in total. The van der Waals surface area contributed by atoms with E-state index in [1.807, 2.05) is 11.0 Å². The molecule has 0 spiro atoms. The summed E-state index contributed by atoms with van der Waals surface area (Å²) in [6.07, 6.45) is 12.5. The van der Waals surface area contributed by atoms with E-state index in [9.17, 15) is 9.59 Å². The maximum Gasteiger partial charge on any atom is 0.255 e. The average molecular weight is 436 g/mol. The third-order valence-corrected chi connectivity index (χ3v) is 7.48. The lowest BCUT2D eigenvalue weighted by atomic mass is 9.88. The quantitative estimate of drug-likeness (QED) is 0.798. The van der Waals surface area contributed by atoms with Gasteiger partial charge in [-0.25, -0.2) is 4.98 Å². The maximum atomic E-state index is 12.9. The van der Waals surface area contributed by atoms with E-state index in [0.717, 1.165) is 61.9 Å². The van der Waals surface area contributed by atoms with Gasteiger partial charge in [-0.05, 0) is 43.7 Å². The molecule has 32 heavy (non-hydrogen) atoms. The number of aromatic nitrogens is 3. The summed E-state index contributed by atoms with van der Waals surface area (Å²) in [5.41, 5.74) is 2.51. The molecule has 0 bridgehead atoms. The predicted octanol–water partition coefficient (Wildman–Crippen LogP) is 3.12. The minimum Gasteiger partial charge on any atom is -0.339 e. The van der Waals surface area contributed by atoms with Crippen LogP contribution < -0.4 is 5.56 Å². The summed E-state index contributed by atoms with van der Waals surface area (Å²) in [4.78, 5) is 42.0. The summed E-state index contributed by atoms with van der Waals surface area (Å²) >= 11 is 0. The van der Waals surface area contributed by atoms with E-state index in [1.165, 1.54) is 32.1 Å². The number of nitrogens with one attached hydrogen (secondary N) is 1. The highest BCUT2D eigenvalue weighted by Crippen LogP contribution is 2.28. The summed E-state index contributed by atoms with van der Waals surface area (Å²) in [7, 11) is 0. The monoisotopic (exact) mass is 435 g/mol. The van der Waals surface area contributed by atoms with E-state index >= 15 is 0 Å². The van der Waals surface area contributed by atoms with Gasteiger partial charge >= 0.3 is 0 Å². The number of pyridine rings is 1. The van der Waals surface area contributed by atoms with Crippen LogP contribution in [-0.2, 0) is 13.0 Å². The average Bonchev–Trinajstić information content (AvgIpc) is 2.85. The number of amides is 1. The van der Waals surface area contributed by atoms with Crippen LogP contribution >= 0.6 is 0 Å². The normalized spacial score (nSPS) is 20.8. The zero-order valence-electron chi connectivity index (χ0n) is 18.8. The number of hydrogen-bond acceptors (Lipinski definition) is 5. The number of likely N-dealkylation sites (tertiary alicyclic amines) is 1. The van der Waals surface area contributed by atoms with Gasteiger partial charge in [-0.1, -0.05) is 19.3 Å². The van der Waals surface area contributed by atoms with Crippen LogP contribution in [0.4, 0.5) is 0 Å². The van der Waals surface area contributed by atoms with Gasteiger partial charge in [0.15, 0.2) is 0 Å². The van der Waals surface area contributed by atoms with Gasteiger partial charge in [0.25, 0.3) is 11.5 Å². The number of hydrogen-bond donors (Lipinski definition) is 1. The van der Waals surface area contributed by atoms with Crippen molar-refractivity contribution >= 4 is 5.91 Å². The molecule has 2 aromatic heterocycles. The van der Waals surface area contributed by atoms with Crippen LogP contribution in [0.2, 0.25) is 0 Å². The first-order chi connectivity index (χ1) is 15.7. The lowest BCUT2D eigenvalue weighted by molar-refractivity contribution is 0.0710. The number of carbonyl (C=O) groups excluding carboxylic acids is 1. The van der Waals surface area contributed by atoms with Crippen LogP contribution in [0, 0.1) is 5.92 Å². The number of rotatable bonds is 4. The molecule has 2 aromatic rings. The summed E-state index contributed by atoms with van der Waals surface area (Å²) in [5, 5.41) is 0. The van der Waals surface area contributed by atoms with Crippen molar-refractivity contribution in [2.24, 2.45) is 5.92 Å². The van der Waals surface area contributed by atoms with Crippen molar-refractivity contribution in [2.45, 2.75) is 63.8 Å². The summed E-state index contributed by atoms with van der Waals surface area (Å²) < 4.78 is 0. The molecule has 1 amide bonds. The standard InChI is InChI=1S/C25H33N5O2/c31-24-21-17-29(16-18-5-2-1-3-6-18)12-10-22(21)27-23(28-24)19-8-13-30(14-9-19)25(32)20-7-4-11-26-15-20/h4,7,11,15,18-19H,1-3,5-6,8-10,12-14,16-17H2,(H,27,28,31). The molecule has 7 nitrogen and oxygen atoms in total. The molecule has 1 saturated heterocycles. The van der Waals surface area contributed by atoms with E-state index in [1.54, 1.807) is 18.5 Å². The number of carbonyl (C=O) groups is 1. The highest BCUT2D eigenvalue weighted by molar-refractivity contribution is 5.93. The fourth-order valence-electron chi connectivity index (χ4n) is 5.61. The van der Waals surface area contributed by atoms with Crippen molar-refractivity contribution in [1.29, 1.82) is 0 Å². The number of nitrogens with zero attached hydrogens (tertiary/aromatic N) is 4. The van der Waals surface area contributed by atoms with Crippen LogP contribution in [0.1, 0.15) is 78.3 Å². The first kappa shape index (κ1) is 21.3. The minimum absolute atomic E-state index is 0.0292. The van der Waals surface area contributed by atoms with E-state index in [2.05, 4.69) is 14.9 Å². The van der Waals surface area contributed by atoms with Crippen LogP contribution in [0.15, 0.2) is 29.3 Å². The molecule has 1 aliphatic carbocycles. The molecule has 4 heterocycles. The summed E-state index contributed by atoms with van der Waals surface area (Å²) in [6, 6.07) is 3.60. The van der Waals surface area contributed by atoms with Crippen molar-refractivity contribution < 1.29 is 4.79 Å². The van der Waals surface area contributed by atoms with Crippen LogP contribution in [0.5, 0.6) is 0 Å². The van der Waals surface area contributed by atoms with E-state index < -0.39 is 0 Å². The Bertz CT molecular complexity index is 991. The molecule has 7 heteroatoms. The Morgan fingerprint density at radius 3 is 2.66 bits per heavy atom. The van der Waals surface area contributed by atoms with E-state index in [4.69, 9.17) is 4.98 Å². The number of fused-ring (bicyclic) bond motifs is 1. The molecule has 3 aliphatic rings. The Morgan fingerprint density at radius 2 is 1.91 bits per heavy atom. The van der Waals surface area contributed by atoms with E-state index in [0.29, 0.717) is 18.7 Å². The second-order valence-electron chi connectivity index (χ2n) is 9.67. The molecular formula is C25H33N5O2. The molecule has 0 radical (unpaired) electrons. The van der Waals surface area contributed by atoms with Crippen molar-refractivity contribution in [3.8, 4) is 0 Å². The van der Waals surface area contributed by atoms with Crippen LogP contribution in [0.25, 0.3) is 0 Å². The van der Waals surface area contributed by atoms with Gasteiger partial charge in [0.05, 0.1) is 16.8 Å². The Hall–Kier alpha value is -2.54. The van der Waals surface area contributed by atoms with E-state index in [-0.39, 0.29) is 17.4 Å². The molecule has 2 aliphatic heterocycles. The van der Waals surface area contributed by atoms with Crippen LogP contribution in [-0.4, -0.2) is 56.8 Å². The fraction of sp³-hybridized carbons (Fsp3) is 0.600. The number of aromatic amines is 1. The first-order valence-corrected chi connectivity index (χ1v) is 12.2. The topological polar surface area (TPSA) is 82.2 Å². The highest BCUT2D eigenvalue weighted by Gasteiger charge is 2.29. The molecular weight excluding hydrogens is 402 g/mol. The Labute approximate surface area is 189 Å². The van der Waals surface area contributed by atoms with Gasteiger partial charge < -0.3 is 9.88 Å². The molecule has 2 fully saturated rings. The minimum atomic E-state index is 0.0292. The van der Waals surface area contributed by atoms with Gasteiger partial charge in [-0.3, -0.25) is 19.5 Å². The van der Waals surface area contributed by atoms with Gasteiger partial charge in [-0.2, -0.15) is 0 Å². The molecule has 5 rings (SSSR count). The number of piperidine rings is 1. The number of H-pyrrole nitrogens is 1. The van der Waals surface area contributed by atoms with Crippen molar-refractivity contribution in [3.63, 3.8) is 0 Å². The van der Waals surface area contributed by atoms with Crippen molar-refractivity contribution in [2.75, 3.05) is 26.2 Å². The smallest absolute Gasteiger partial charge is 0.255 e. The highest BCUT2D eigenvalue weighted by atomic mass is 16.2. The van der Waals surface area contributed by atoms with Gasteiger partial charge in [0.2, 0.25) is 0 Å². The molecule has 0 atom stereocenters. The van der Waals surface area contributed by atoms with Crippen LogP contribution in [0.3, 0.4) is 0 Å². The van der Waals surface area contributed by atoms with Crippen molar-refractivity contribution in [3.05, 3.63) is 57.5 Å². The van der Waals surface area contributed by atoms with Gasteiger partial charge in [0, 0.05) is 57.5 Å². The SMILES string of the molecule is O=C(c1cccnc1)N1CCC(c2nc3c(c(=O)[nH]2)CN(CC2CCCCC2)CC3)CC1. The Kier molecular flexibility index (Phi) is 6.35.